The van der Waals surface area contributed by atoms with Gasteiger partial charge in [0.2, 0.25) is 0 Å². The van der Waals surface area contributed by atoms with Crippen molar-refractivity contribution in [1.82, 2.24) is 4.90 Å². The van der Waals surface area contributed by atoms with E-state index in [1.165, 1.54) is 16.9 Å². The monoisotopic (exact) mass is 426 g/mol. The molecule has 0 atom stereocenters. The average Bonchev–Trinajstić information content (AvgIpc) is 3.08. The molecule has 1 heterocycles. The van der Waals surface area contributed by atoms with Gasteiger partial charge < -0.3 is 10.2 Å². The van der Waals surface area contributed by atoms with E-state index in [1.54, 1.807) is 29.2 Å². The van der Waals surface area contributed by atoms with Crippen LogP contribution in [0.5, 0.6) is 0 Å². The predicted octanol–water partition coefficient (Wildman–Crippen LogP) is 5.67. The summed E-state index contributed by atoms with van der Waals surface area (Å²) in [5, 5.41) is 3.87. The average molecular weight is 427 g/mol. The van der Waals surface area contributed by atoms with E-state index in [2.05, 4.69) is 17.4 Å². The van der Waals surface area contributed by atoms with Crippen LogP contribution >= 0.6 is 22.9 Å². The Morgan fingerprint density at radius 1 is 1.07 bits per heavy atom. The maximum Gasteiger partial charge on any atom is 0.264 e. The van der Waals surface area contributed by atoms with Crippen LogP contribution in [0.15, 0.2) is 60.7 Å². The summed E-state index contributed by atoms with van der Waals surface area (Å²) in [5.74, 6) is -0.314. The molecule has 0 aliphatic heterocycles. The van der Waals surface area contributed by atoms with Crippen molar-refractivity contribution in [3.8, 4) is 0 Å². The van der Waals surface area contributed by atoms with E-state index in [0.29, 0.717) is 27.0 Å². The van der Waals surface area contributed by atoms with Crippen LogP contribution in [-0.4, -0.2) is 30.3 Å². The van der Waals surface area contributed by atoms with Crippen molar-refractivity contribution < 1.29 is 9.59 Å². The van der Waals surface area contributed by atoms with Gasteiger partial charge in [-0.25, -0.2) is 0 Å². The number of amides is 2. The second-order valence-corrected chi connectivity index (χ2v) is 8.33. The minimum Gasteiger partial charge on any atom is -0.341 e. The number of aryl methyl sites for hydroxylation is 2. The molecule has 2 aromatic carbocycles. The summed E-state index contributed by atoms with van der Waals surface area (Å²) in [5.41, 5.74) is 2.53. The van der Waals surface area contributed by atoms with E-state index < -0.39 is 0 Å². The third-order valence-corrected chi connectivity index (χ3v) is 6.09. The van der Waals surface area contributed by atoms with E-state index in [1.807, 2.05) is 38.2 Å². The molecule has 0 fully saturated rings. The number of hydrogen-bond acceptors (Lipinski definition) is 3. The zero-order valence-electron chi connectivity index (χ0n) is 16.4. The van der Waals surface area contributed by atoms with E-state index in [-0.39, 0.29) is 11.8 Å². The number of rotatable bonds is 7. The van der Waals surface area contributed by atoms with Gasteiger partial charge >= 0.3 is 0 Å². The minimum atomic E-state index is -0.285. The van der Waals surface area contributed by atoms with Crippen molar-refractivity contribution in [2.45, 2.75) is 19.8 Å². The zero-order chi connectivity index (χ0) is 20.8. The first-order valence-corrected chi connectivity index (χ1v) is 10.6. The highest BCUT2D eigenvalue weighted by molar-refractivity contribution is 7.18. The van der Waals surface area contributed by atoms with Crippen LogP contribution in [0.25, 0.3) is 0 Å². The number of thiophene rings is 1. The van der Waals surface area contributed by atoms with Crippen molar-refractivity contribution in [2.24, 2.45) is 0 Å². The molecule has 0 radical (unpaired) electrons. The summed E-state index contributed by atoms with van der Waals surface area (Å²) in [4.78, 5) is 27.7. The molecule has 0 aliphatic carbocycles. The highest BCUT2D eigenvalue weighted by Gasteiger charge is 2.19. The Bertz CT molecular complexity index is 1000. The Balaban J connectivity index is 1.60. The van der Waals surface area contributed by atoms with E-state index in [0.717, 1.165) is 18.4 Å². The first kappa shape index (κ1) is 21.1. The van der Waals surface area contributed by atoms with Gasteiger partial charge in [-0.2, -0.15) is 0 Å². The van der Waals surface area contributed by atoms with Gasteiger partial charge in [-0.3, -0.25) is 9.59 Å². The number of anilines is 1. The number of halogens is 1. The fraction of sp³-hybridized carbons (Fsp3) is 0.217. The van der Waals surface area contributed by atoms with E-state index in [4.69, 9.17) is 11.6 Å². The van der Waals surface area contributed by atoms with E-state index >= 15 is 0 Å². The van der Waals surface area contributed by atoms with Crippen LogP contribution in [0, 0.1) is 6.92 Å². The summed E-state index contributed by atoms with van der Waals surface area (Å²) < 4.78 is 0. The van der Waals surface area contributed by atoms with Gasteiger partial charge in [0.25, 0.3) is 11.8 Å². The molecule has 0 saturated carbocycles. The lowest BCUT2D eigenvalue weighted by Gasteiger charge is -2.16. The molecule has 1 N–H and O–H groups in total. The zero-order valence-corrected chi connectivity index (χ0v) is 18.0. The van der Waals surface area contributed by atoms with Crippen molar-refractivity contribution >= 4 is 39.8 Å². The highest BCUT2D eigenvalue weighted by Crippen LogP contribution is 2.29. The van der Waals surface area contributed by atoms with Gasteiger partial charge in [0, 0.05) is 13.6 Å². The van der Waals surface area contributed by atoms with Crippen molar-refractivity contribution in [3.63, 3.8) is 0 Å². The smallest absolute Gasteiger partial charge is 0.264 e. The van der Waals surface area contributed by atoms with Crippen molar-refractivity contribution in [1.29, 1.82) is 0 Å². The standard InChI is InChI=1S/C23H23ClN2O2S/c1-16-15-20(25-22(27)18-12-6-7-13-19(18)24)29-21(16)23(28)26(2)14-8-11-17-9-4-3-5-10-17/h3-7,9-10,12-13,15H,8,11,14H2,1-2H3,(H,25,27). The highest BCUT2D eigenvalue weighted by atomic mass is 35.5. The lowest BCUT2D eigenvalue weighted by atomic mass is 10.1. The summed E-state index contributed by atoms with van der Waals surface area (Å²) >= 11 is 7.38. The first-order valence-electron chi connectivity index (χ1n) is 9.41. The fourth-order valence-electron chi connectivity index (χ4n) is 3.02. The van der Waals surface area contributed by atoms with Gasteiger partial charge in [-0.05, 0) is 49.1 Å². The lowest BCUT2D eigenvalue weighted by Crippen LogP contribution is -2.27. The summed E-state index contributed by atoms with van der Waals surface area (Å²) in [6, 6.07) is 19.0. The predicted molar refractivity (Wildman–Crippen MR) is 120 cm³/mol. The summed E-state index contributed by atoms with van der Waals surface area (Å²) in [6.07, 6.45) is 1.83. The number of hydrogen-bond donors (Lipinski definition) is 1. The molecular weight excluding hydrogens is 404 g/mol. The second kappa shape index (κ2) is 9.72. The van der Waals surface area contributed by atoms with Crippen LogP contribution in [0.2, 0.25) is 5.02 Å². The van der Waals surface area contributed by atoms with Crippen LogP contribution in [0.4, 0.5) is 5.00 Å². The SMILES string of the molecule is Cc1cc(NC(=O)c2ccccc2Cl)sc1C(=O)N(C)CCCc1ccccc1. The Morgan fingerprint density at radius 3 is 2.48 bits per heavy atom. The quantitative estimate of drug-likeness (QED) is 0.529. The molecule has 1 aromatic heterocycles. The largest absolute Gasteiger partial charge is 0.341 e. The molecule has 29 heavy (non-hydrogen) atoms. The van der Waals surface area contributed by atoms with Gasteiger partial charge in [-0.15, -0.1) is 11.3 Å². The molecule has 2 amide bonds. The van der Waals surface area contributed by atoms with Gasteiger partial charge in [-0.1, -0.05) is 54.1 Å². The molecule has 0 bridgehead atoms. The normalized spacial score (nSPS) is 10.6. The number of carbonyl (C=O) groups is 2. The molecular formula is C23H23ClN2O2S. The molecule has 0 saturated heterocycles. The lowest BCUT2D eigenvalue weighted by molar-refractivity contribution is 0.0797. The molecule has 6 heteroatoms. The van der Waals surface area contributed by atoms with Gasteiger partial charge in [0.05, 0.1) is 20.5 Å². The van der Waals surface area contributed by atoms with Gasteiger partial charge in [0.15, 0.2) is 0 Å². The molecule has 0 unspecified atom stereocenters. The Morgan fingerprint density at radius 2 is 1.76 bits per heavy atom. The Labute approximate surface area is 180 Å². The van der Waals surface area contributed by atoms with Gasteiger partial charge in [0.1, 0.15) is 0 Å². The van der Waals surface area contributed by atoms with Crippen molar-refractivity contribution in [3.05, 3.63) is 87.3 Å². The summed E-state index contributed by atoms with van der Waals surface area (Å²) in [6.45, 7) is 2.55. The molecule has 0 spiro atoms. The number of benzene rings is 2. The minimum absolute atomic E-state index is 0.0289. The topological polar surface area (TPSA) is 49.4 Å². The Kier molecular flexibility index (Phi) is 7.07. The number of nitrogens with one attached hydrogen (secondary N) is 1. The summed E-state index contributed by atoms with van der Waals surface area (Å²) in [7, 11) is 1.81. The third kappa shape index (κ3) is 5.46. The maximum absolute atomic E-state index is 12.8. The van der Waals surface area contributed by atoms with Crippen LogP contribution in [-0.2, 0) is 6.42 Å². The number of nitrogens with zero attached hydrogens (tertiary/aromatic N) is 1. The maximum atomic E-state index is 12.8. The fourth-order valence-corrected chi connectivity index (χ4v) is 4.30. The third-order valence-electron chi connectivity index (χ3n) is 4.62. The Hall–Kier alpha value is -2.63. The molecule has 150 valence electrons. The van der Waals surface area contributed by atoms with Crippen LogP contribution in [0.1, 0.15) is 37.6 Å². The molecule has 3 rings (SSSR count). The molecule has 4 nitrogen and oxygen atoms in total. The second-order valence-electron chi connectivity index (χ2n) is 6.87. The van der Waals surface area contributed by atoms with Crippen molar-refractivity contribution in [2.75, 3.05) is 18.9 Å². The van der Waals surface area contributed by atoms with E-state index in [9.17, 15) is 9.59 Å². The molecule has 0 aliphatic rings. The van der Waals surface area contributed by atoms with Crippen LogP contribution < -0.4 is 5.32 Å². The first-order chi connectivity index (χ1) is 14.0. The number of carbonyl (C=O) groups excluding carboxylic acids is 2. The van der Waals surface area contributed by atoms with Crippen LogP contribution in [0.3, 0.4) is 0 Å². The molecule has 3 aromatic rings.